The second-order valence-electron chi connectivity index (χ2n) is 6.33. The molecule has 0 unspecified atom stereocenters. The molecule has 0 aliphatic rings. The molecule has 1 aromatic carbocycles. The second-order valence-corrected chi connectivity index (χ2v) is 7.19. The number of nitrogens with zero attached hydrogens (tertiary/aromatic N) is 4. The molecule has 2 aromatic heterocycles. The third-order valence-corrected chi connectivity index (χ3v) is 5.13. The zero-order valence-corrected chi connectivity index (χ0v) is 19.6. The van der Waals surface area contributed by atoms with Gasteiger partial charge < -0.3 is 10.6 Å². The summed E-state index contributed by atoms with van der Waals surface area (Å²) in [4.78, 5) is 9.38. The minimum absolute atomic E-state index is 0. The lowest BCUT2D eigenvalue weighted by Crippen LogP contribution is -2.38. The number of benzene rings is 1. The van der Waals surface area contributed by atoms with Gasteiger partial charge in [0, 0.05) is 43.7 Å². The van der Waals surface area contributed by atoms with E-state index in [1.165, 1.54) is 11.1 Å². The first-order chi connectivity index (χ1) is 13.2. The Bertz CT molecular complexity index is 884. The minimum atomic E-state index is 0. The predicted molar refractivity (Wildman–Crippen MR) is 127 cm³/mol. The highest BCUT2D eigenvalue weighted by Gasteiger charge is 2.05. The maximum Gasteiger partial charge on any atom is 0.191 e. The highest BCUT2D eigenvalue weighted by atomic mass is 127. The van der Waals surface area contributed by atoms with Crippen LogP contribution in [-0.2, 0) is 20.0 Å². The molecule has 3 aromatic rings. The standard InChI is InChI=1S/C20H26N6S.HI/c1-4-21-20(23-13-18-10-12-24-26(18)3)22-11-9-17-14-27-19(25-17)16-7-5-15(2)6-8-16;/h5-8,10,12,14H,4,9,11,13H2,1-3H3,(H2,21,22,23);1H. The normalized spacial score (nSPS) is 11.2. The topological polar surface area (TPSA) is 67.1 Å². The van der Waals surface area contributed by atoms with Gasteiger partial charge in [0.25, 0.3) is 0 Å². The van der Waals surface area contributed by atoms with E-state index in [1.54, 1.807) is 17.5 Å². The van der Waals surface area contributed by atoms with E-state index in [4.69, 9.17) is 4.98 Å². The van der Waals surface area contributed by atoms with Crippen LogP contribution < -0.4 is 10.6 Å². The van der Waals surface area contributed by atoms with Gasteiger partial charge in [0.2, 0.25) is 0 Å². The van der Waals surface area contributed by atoms with E-state index in [9.17, 15) is 0 Å². The van der Waals surface area contributed by atoms with Crippen LogP contribution in [0.3, 0.4) is 0 Å². The SMILES string of the molecule is CCNC(=NCc1ccnn1C)NCCc1csc(-c2ccc(C)cc2)n1.I. The second kappa shape index (κ2) is 11.2. The van der Waals surface area contributed by atoms with Crippen molar-refractivity contribution in [2.75, 3.05) is 13.1 Å². The number of aromatic nitrogens is 3. The Labute approximate surface area is 187 Å². The van der Waals surface area contributed by atoms with Gasteiger partial charge in [-0.25, -0.2) is 9.98 Å². The monoisotopic (exact) mass is 510 g/mol. The van der Waals surface area contributed by atoms with E-state index < -0.39 is 0 Å². The largest absolute Gasteiger partial charge is 0.357 e. The van der Waals surface area contributed by atoms with E-state index in [0.29, 0.717) is 6.54 Å². The van der Waals surface area contributed by atoms with Gasteiger partial charge in [0.05, 0.1) is 17.9 Å². The van der Waals surface area contributed by atoms with E-state index in [0.717, 1.165) is 41.9 Å². The number of hydrogen-bond acceptors (Lipinski definition) is 4. The van der Waals surface area contributed by atoms with Gasteiger partial charge in [0.1, 0.15) is 5.01 Å². The van der Waals surface area contributed by atoms with Crippen molar-refractivity contribution in [2.45, 2.75) is 26.8 Å². The van der Waals surface area contributed by atoms with Crippen LogP contribution in [0.1, 0.15) is 23.9 Å². The number of nitrogens with one attached hydrogen (secondary N) is 2. The molecule has 150 valence electrons. The lowest BCUT2D eigenvalue weighted by Gasteiger charge is -2.10. The molecule has 0 bridgehead atoms. The van der Waals surface area contributed by atoms with Crippen LogP contribution in [0.4, 0.5) is 0 Å². The van der Waals surface area contributed by atoms with Crippen LogP contribution in [0.5, 0.6) is 0 Å². The molecular weight excluding hydrogens is 483 g/mol. The summed E-state index contributed by atoms with van der Waals surface area (Å²) in [7, 11) is 1.93. The highest BCUT2D eigenvalue weighted by molar-refractivity contribution is 14.0. The fourth-order valence-electron chi connectivity index (χ4n) is 2.62. The van der Waals surface area contributed by atoms with Crippen LogP contribution in [0.15, 0.2) is 46.9 Å². The average molecular weight is 510 g/mol. The van der Waals surface area contributed by atoms with Crippen molar-refractivity contribution in [1.82, 2.24) is 25.4 Å². The number of hydrogen-bond donors (Lipinski definition) is 2. The molecular formula is C20H27IN6S. The zero-order chi connectivity index (χ0) is 19.1. The summed E-state index contributed by atoms with van der Waals surface area (Å²) >= 11 is 1.69. The Kier molecular flexibility index (Phi) is 8.91. The van der Waals surface area contributed by atoms with Gasteiger partial charge in [0.15, 0.2) is 5.96 Å². The lowest BCUT2D eigenvalue weighted by atomic mass is 10.2. The van der Waals surface area contributed by atoms with Crippen LogP contribution >= 0.6 is 35.3 Å². The number of thiazole rings is 1. The van der Waals surface area contributed by atoms with Gasteiger partial charge in [-0.1, -0.05) is 29.8 Å². The van der Waals surface area contributed by atoms with Crippen LogP contribution in [0, 0.1) is 6.92 Å². The molecule has 0 aliphatic carbocycles. The smallest absolute Gasteiger partial charge is 0.191 e. The number of guanidine groups is 1. The molecule has 0 atom stereocenters. The Morgan fingerprint density at radius 2 is 1.96 bits per heavy atom. The summed E-state index contributed by atoms with van der Waals surface area (Å²) in [6, 6.07) is 10.5. The van der Waals surface area contributed by atoms with Crippen molar-refractivity contribution in [3.63, 3.8) is 0 Å². The summed E-state index contributed by atoms with van der Waals surface area (Å²) in [5.74, 6) is 0.813. The highest BCUT2D eigenvalue weighted by Crippen LogP contribution is 2.24. The Morgan fingerprint density at radius 1 is 1.18 bits per heavy atom. The fraction of sp³-hybridized carbons (Fsp3) is 0.350. The van der Waals surface area contributed by atoms with Crippen molar-refractivity contribution >= 4 is 41.3 Å². The first kappa shape index (κ1) is 22.4. The quantitative estimate of drug-likeness (QED) is 0.289. The fourth-order valence-corrected chi connectivity index (χ4v) is 3.48. The molecule has 2 N–H and O–H groups in total. The van der Waals surface area contributed by atoms with Crippen molar-refractivity contribution in [3.8, 4) is 10.6 Å². The Balaban J connectivity index is 0.00000280. The maximum absolute atomic E-state index is 4.76. The molecule has 0 saturated carbocycles. The molecule has 6 nitrogen and oxygen atoms in total. The van der Waals surface area contributed by atoms with E-state index in [1.807, 2.05) is 17.8 Å². The number of rotatable bonds is 7. The van der Waals surface area contributed by atoms with Gasteiger partial charge in [-0.3, -0.25) is 4.68 Å². The summed E-state index contributed by atoms with van der Waals surface area (Å²) in [6.45, 7) is 6.37. The van der Waals surface area contributed by atoms with Crippen molar-refractivity contribution in [1.29, 1.82) is 0 Å². The minimum Gasteiger partial charge on any atom is -0.357 e. The van der Waals surface area contributed by atoms with Gasteiger partial charge in [-0.05, 0) is 19.9 Å². The first-order valence-corrected chi connectivity index (χ1v) is 10.0. The van der Waals surface area contributed by atoms with Gasteiger partial charge >= 0.3 is 0 Å². The van der Waals surface area contributed by atoms with E-state index in [2.05, 4.69) is 64.2 Å². The van der Waals surface area contributed by atoms with Gasteiger partial charge in [-0.15, -0.1) is 35.3 Å². The van der Waals surface area contributed by atoms with E-state index in [-0.39, 0.29) is 24.0 Å². The molecule has 0 amide bonds. The predicted octanol–water partition coefficient (Wildman–Crippen LogP) is 3.77. The zero-order valence-electron chi connectivity index (χ0n) is 16.5. The lowest BCUT2D eigenvalue weighted by molar-refractivity contribution is 0.706. The maximum atomic E-state index is 4.76. The number of aryl methyl sites for hydroxylation is 2. The average Bonchev–Trinajstić information content (AvgIpc) is 3.29. The number of halogens is 1. The molecule has 8 heteroatoms. The third kappa shape index (κ3) is 6.30. The number of aliphatic imine (C=N–C) groups is 1. The molecule has 2 heterocycles. The molecule has 0 radical (unpaired) electrons. The molecule has 0 saturated heterocycles. The van der Waals surface area contributed by atoms with Gasteiger partial charge in [-0.2, -0.15) is 5.10 Å². The van der Waals surface area contributed by atoms with Crippen LogP contribution in [0.2, 0.25) is 0 Å². The third-order valence-electron chi connectivity index (χ3n) is 4.19. The van der Waals surface area contributed by atoms with Crippen molar-refractivity contribution in [2.24, 2.45) is 12.0 Å². The Morgan fingerprint density at radius 3 is 2.64 bits per heavy atom. The summed E-state index contributed by atoms with van der Waals surface area (Å²) in [5.41, 5.74) is 4.62. The first-order valence-electron chi connectivity index (χ1n) is 9.16. The van der Waals surface area contributed by atoms with Crippen molar-refractivity contribution in [3.05, 3.63) is 58.9 Å². The van der Waals surface area contributed by atoms with E-state index >= 15 is 0 Å². The summed E-state index contributed by atoms with van der Waals surface area (Å²) in [6.07, 6.45) is 2.65. The van der Waals surface area contributed by atoms with Crippen molar-refractivity contribution < 1.29 is 0 Å². The molecule has 0 aliphatic heterocycles. The molecule has 3 rings (SSSR count). The summed E-state index contributed by atoms with van der Waals surface area (Å²) < 4.78 is 1.84. The van der Waals surface area contributed by atoms with Crippen LogP contribution in [0.25, 0.3) is 10.6 Å². The molecule has 0 fully saturated rings. The van der Waals surface area contributed by atoms with Crippen LogP contribution in [-0.4, -0.2) is 33.8 Å². The molecule has 0 spiro atoms. The Hall–Kier alpha value is -1.94. The summed E-state index contributed by atoms with van der Waals surface area (Å²) in [5, 5.41) is 14.0. The molecule has 28 heavy (non-hydrogen) atoms.